The van der Waals surface area contributed by atoms with Crippen LogP contribution in [0.2, 0.25) is 0 Å². The molecule has 1 atom stereocenters. The summed E-state index contributed by atoms with van der Waals surface area (Å²) >= 11 is 0. The maximum Gasteiger partial charge on any atom is 0.256 e. The molecule has 1 unspecified atom stereocenters. The summed E-state index contributed by atoms with van der Waals surface area (Å²) < 4.78 is 5.16. The number of amides is 1. The van der Waals surface area contributed by atoms with Gasteiger partial charge in [-0.2, -0.15) is 0 Å². The predicted octanol–water partition coefficient (Wildman–Crippen LogP) is 2.02. The first-order chi connectivity index (χ1) is 8.29. The number of methoxy groups -OCH3 is 1. The second-order valence-electron chi connectivity index (χ2n) is 4.37. The van der Waals surface area contributed by atoms with Gasteiger partial charge >= 0.3 is 0 Å². The number of benzene rings is 1. The molecule has 0 N–H and O–H groups in total. The van der Waals surface area contributed by atoms with E-state index in [2.05, 4.69) is 4.99 Å². The van der Waals surface area contributed by atoms with Gasteiger partial charge in [0.05, 0.1) is 24.4 Å². The molecule has 0 saturated carbocycles. The van der Waals surface area contributed by atoms with Crippen molar-refractivity contribution in [3.05, 3.63) is 23.8 Å². The van der Waals surface area contributed by atoms with Gasteiger partial charge in [0.1, 0.15) is 5.75 Å². The van der Waals surface area contributed by atoms with Crippen molar-refractivity contribution >= 4 is 17.8 Å². The van der Waals surface area contributed by atoms with Gasteiger partial charge in [-0.15, -0.1) is 0 Å². The smallest absolute Gasteiger partial charge is 0.256 e. The third-order valence-corrected chi connectivity index (χ3v) is 3.38. The topological polar surface area (TPSA) is 41.9 Å². The number of carbonyl (C=O) groups is 1. The van der Waals surface area contributed by atoms with Crippen molar-refractivity contribution in [1.82, 2.24) is 4.90 Å². The normalized spacial score (nSPS) is 22.1. The van der Waals surface area contributed by atoms with E-state index in [1.165, 1.54) is 0 Å². The number of aliphatic imine (C=N–C) groups is 1. The molecule has 1 fully saturated rings. The summed E-state index contributed by atoms with van der Waals surface area (Å²) in [5.41, 5.74) is 1.38. The molecule has 4 heteroatoms. The van der Waals surface area contributed by atoms with Gasteiger partial charge in [-0.05, 0) is 31.0 Å². The molecule has 4 nitrogen and oxygen atoms in total. The summed E-state index contributed by atoms with van der Waals surface area (Å²) in [4.78, 5) is 18.7. The average molecular weight is 230 g/mol. The van der Waals surface area contributed by atoms with Crippen molar-refractivity contribution in [2.45, 2.75) is 18.9 Å². The number of fused-ring (bicyclic) bond motifs is 2. The van der Waals surface area contributed by atoms with Crippen LogP contribution in [-0.2, 0) is 0 Å². The summed E-state index contributed by atoms with van der Waals surface area (Å²) in [5.74, 6) is 0.767. The zero-order chi connectivity index (χ0) is 11.8. The monoisotopic (exact) mass is 230 g/mol. The highest BCUT2D eigenvalue weighted by atomic mass is 16.5. The van der Waals surface area contributed by atoms with Crippen LogP contribution in [0.1, 0.15) is 23.2 Å². The number of rotatable bonds is 1. The van der Waals surface area contributed by atoms with Crippen molar-refractivity contribution < 1.29 is 9.53 Å². The van der Waals surface area contributed by atoms with Crippen LogP contribution in [0.25, 0.3) is 0 Å². The molecule has 17 heavy (non-hydrogen) atoms. The molecule has 0 aromatic heterocycles. The first-order valence-corrected chi connectivity index (χ1v) is 5.83. The first kappa shape index (κ1) is 10.3. The lowest BCUT2D eigenvalue weighted by atomic mass is 10.1. The molecule has 0 spiro atoms. The number of hydrogen-bond acceptors (Lipinski definition) is 3. The molecule has 88 valence electrons. The molecule has 2 heterocycles. The van der Waals surface area contributed by atoms with E-state index >= 15 is 0 Å². The molecule has 0 radical (unpaired) electrons. The van der Waals surface area contributed by atoms with Gasteiger partial charge in [0.15, 0.2) is 0 Å². The Morgan fingerprint density at radius 3 is 3.18 bits per heavy atom. The predicted molar refractivity (Wildman–Crippen MR) is 65.2 cm³/mol. The van der Waals surface area contributed by atoms with Gasteiger partial charge in [-0.1, -0.05) is 0 Å². The van der Waals surface area contributed by atoms with Crippen molar-refractivity contribution in [2.75, 3.05) is 13.7 Å². The van der Waals surface area contributed by atoms with E-state index in [4.69, 9.17) is 4.74 Å². The van der Waals surface area contributed by atoms with E-state index < -0.39 is 0 Å². The fraction of sp³-hybridized carbons (Fsp3) is 0.385. The minimum absolute atomic E-state index is 0.0684. The zero-order valence-electron chi connectivity index (χ0n) is 9.72. The molecule has 1 aromatic carbocycles. The summed E-state index contributed by atoms with van der Waals surface area (Å²) in [6.07, 6.45) is 3.96. The van der Waals surface area contributed by atoms with Crippen LogP contribution in [-0.4, -0.2) is 36.7 Å². The van der Waals surface area contributed by atoms with E-state index in [-0.39, 0.29) is 11.9 Å². The highest BCUT2D eigenvalue weighted by Crippen LogP contribution is 2.31. The summed E-state index contributed by atoms with van der Waals surface area (Å²) in [6, 6.07) is 5.61. The molecule has 2 aliphatic rings. The summed E-state index contributed by atoms with van der Waals surface area (Å²) in [7, 11) is 1.60. The van der Waals surface area contributed by atoms with Crippen molar-refractivity contribution in [3.8, 4) is 5.75 Å². The second kappa shape index (κ2) is 3.87. The van der Waals surface area contributed by atoms with Gasteiger partial charge in [0, 0.05) is 12.8 Å². The Bertz CT molecular complexity index is 496. The highest BCUT2D eigenvalue weighted by Gasteiger charge is 2.31. The fourth-order valence-corrected chi connectivity index (χ4v) is 2.45. The lowest BCUT2D eigenvalue weighted by Gasteiger charge is -2.19. The molecule has 3 rings (SSSR count). The Kier molecular flexibility index (Phi) is 2.35. The molecule has 1 saturated heterocycles. The Labute approximate surface area is 99.9 Å². The van der Waals surface area contributed by atoms with E-state index in [9.17, 15) is 4.79 Å². The second-order valence-corrected chi connectivity index (χ2v) is 4.37. The van der Waals surface area contributed by atoms with Crippen LogP contribution >= 0.6 is 0 Å². The lowest BCUT2D eigenvalue weighted by molar-refractivity contribution is 0.0774. The van der Waals surface area contributed by atoms with Crippen molar-refractivity contribution in [3.63, 3.8) is 0 Å². The number of carbonyl (C=O) groups excluding carboxylic acids is 1. The van der Waals surface area contributed by atoms with Gasteiger partial charge in [0.25, 0.3) is 5.91 Å². The zero-order valence-corrected chi connectivity index (χ0v) is 9.72. The Morgan fingerprint density at radius 1 is 1.47 bits per heavy atom. The van der Waals surface area contributed by atoms with Crippen molar-refractivity contribution in [1.29, 1.82) is 0 Å². The largest absolute Gasteiger partial charge is 0.497 e. The van der Waals surface area contributed by atoms with E-state index in [1.54, 1.807) is 13.2 Å². The first-order valence-electron chi connectivity index (χ1n) is 5.83. The van der Waals surface area contributed by atoms with Crippen LogP contribution < -0.4 is 4.74 Å². The summed E-state index contributed by atoms with van der Waals surface area (Å²) in [5, 5.41) is 0. The van der Waals surface area contributed by atoms with Crippen LogP contribution in [0.5, 0.6) is 5.75 Å². The Hall–Kier alpha value is -1.84. The average Bonchev–Trinajstić information content (AvgIpc) is 2.79. The minimum atomic E-state index is 0.0684. The van der Waals surface area contributed by atoms with E-state index in [0.29, 0.717) is 11.3 Å². The Balaban J connectivity index is 2.08. The quantitative estimate of drug-likeness (QED) is 0.740. The van der Waals surface area contributed by atoms with Gasteiger partial charge < -0.3 is 9.64 Å². The lowest BCUT2D eigenvalue weighted by Crippen LogP contribution is -2.35. The standard InChI is InChI=1S/C13H14N2O2/c1-17-10-4-5-12-11(7-10)13(16)15-6-2-3-9(15)8-14-12/h4-5,7-9H,2-3,6H2,1H3. The molecular formula is C13H14N2O2. The van der Waals surface area contributed by atoms with Gasteiger partial charge in [-0.25, -0.2) is 0 Å². The molecule has 0 bridgehead atoms. The van der Waals surface area contributed by atoms with Gasteiger partial charge in [0.2, 0.25) is 0 Å². The van der Waals surface area contributed by atoms with Gasteiger partial charge in [-0.3, -0.25) is 9.79 Å². The van der Waals surface area contributed by atoms with Crippen molar-refractivity contribution in [2.24, 2.45) is 4.99 Å². The van der Waals surface area contributed by atoms with E-state index in [0.717, 1.165) is 25.1 Å². The summed E-state index contributed by atoms with van der Waals surface area (Å²) in [6.45, 7) is 0.826. The molecule has 1 amide bonds. The third-order valence-electron chi connectivity index (χ3n) is 3.38. The maximum atomic E-state index is 12.4. The number of nitrogens with zero attached hydrogens (tertiary/aromatic N) is 2. The van der Waals surface area contributed by atoms with Crippen LogP contribution in [0.3, 0.4) is 0 Å². The molecule has 1 aromatic rings. The molecule has 2 aliphatic heterocycles. The SMILES string of the molecule is COc1ccc2c(c1)C(=O)N1CCCC1C=N2. The fourth-order valence-electron chi connectivity index (χ4n) is 2.45. The highest BCUT2D eigenvalue weighted by molar-refractivity contribution is 6.03. The number of hydrogen-bond donors (Lipinski definition) is 0. The Morgan fingerprint density at radius 2 is 2.35 bits per heavy atom. The molecular weight excluding hydrogens is 216 g/mol. The van der Waals surface area contributed by atoms with Crippen LogP contribution in [0.15, 0.2) is 23.2 Å². The van der Waals surface area contributed by atoms with Crippen LogP contribution in [0.4, 0.5) is 5.69 Å². The maximum absolute atomic E-state index is 12.4. The minimum Gasteiger partial charge on any atom is -0.497 e. The third kappa shape index (κ3) is 1.60. The van der Waals surface area contributed by atoms with Crippen LogP contribution in [0, 0.1) is 0 Å². The van der Waals surface area contributed by atoms with E-state index in [1.807, 2.05) is 23.2 Å². The molecule has 0 aliphatic carbocycles. The number of ether oxygens (including phenoxy) is 1.